The van der Waals surface area contributed by atoms with Gasteiger partial charge in [0.05, 0.1) is 19.8 Å². The summed E-state index contributed by atoms with van der Waals surface area (Å²) in [5.74, 6) is 0. The Balaban J connectivity index is 2.58. The summed E-state index contributed by atoms with van der Waals surface area (Å²) in [4.78, 5) is 1.20. The molecular formula is C10H19F3N2O2. The van der Waals surface area contributed by atoms with Crippen LogP contribution in [0.2, 0.25) is 0 Å². The van der Waals surface area contributed by atoms with E-state index in [4.69, 9.17) is 15.6 Å². The topological polar surface area (TPSA) is 58.7 Å². The van der Waals surface area contributed by atoms with E-state index < -0.39 is 18.1 Å². The van der Waals surface area contributed by atoms with Crippen LogP contribution in [0.15, 0.2) is 0 Å². The zero-order valence-electron chi connectivity index (χ0n) is 9.67. The normalized spacial score (nSPS) is 25.8. The first-order valence-electron chi connectivity index (χ1n) is 5.59. The van der Waals surface area contributed by atoms with E-state index in [2.05, 4.69) is 0 Å². The molecule has 1 fully saturated rings. The van der Waals surface area contributed by atoms with Crippen molar-refractivity contribution >= 4 is 0 Å². The second kappa shape index (κ2) is 5.99. The SMILES string of the molecule is NCC1(CN(CCO)CC(F)(F)F)CCOC1. The molecule has 1 rings (SSSR count). The molecule has 1 saturated heterocycles. The molecule has 1 atom stereocenters. The number of nitrogens with two attached hydrogens (primary N) is 1. The highest BCUT2D eigenvalue weighted by atomic mass is 19.4. The molecule has 0 aromatic rings. The molecule has 1 heterocycles. The zero-order chi connectivity index (χ0) is 12.9. The van der Waals surface area contributed by atoms with Crippen LogP contribution in [0.25, 0.3) is 0 Å². The van der Waals surface area contributed by atoms with Gasteiger partial charge >= 0.3 is 6.18 Å². The van der Waals surface area contributed by atoms with Crippen LogP contribution in [0.1, 0.15) is 6.42 Å². The first kappa shape index (κ1) is 14.7. The maximum absolute atomic E-state index is 12.3. The second-order valence-corrected chi connectivity index (χ2v) is 4.56. The summed E-state index contributed by atoms with van der Waals surface area (Å²) in [7, 11) is 0. The average Bonchev–Trinajstić information content (AvgIpc) is 2.65. The highest BCUT2D eigenvalue weighted by Gasteiger charge is 2.38. The molecule has 1 aliphatic rings. The van der Waals surface area contributed by atoms with Crippen LogP contribution in [-0.4, -0.2) is 62.2 Å². The molecule has 1 aliphatic heterocycles. The lowest BCUT2D eigenvalue weighted by Gasteiger charge is -2.33. The summed E-state index contributed by atoms with van der Waals surface area (Å²) in [5, 5.41) is 8.79. The Kier molecular flexibility index (Phi) is 5.18. The minimum Gasteiger partial charge on any atom is -0.395 e. The highest BCUT2D eigenvalue weighted by molar-refractivity contribution is 4.87. The number of ether oxygens (including phenoxy) is 1. The largest absolute Gasteiger partial charge is 0.401 e. The van der Waals surface area contributed by atoms with E-state index in [-0.39, 0.29) is 19.7 Å². The molecule has 3 N–H and O–H groups in total. The Morgan fingerprint density at radius 3 is 2.53 bits per heavy atom. The van der Waals surface area contributed by atoms with Crippen LogP contribution < -0.4 is 5.73 Å². The maximum Gasteiger partial charge on any atom is 0.401 e. The fraction of sp³-hybridized carbons (Fsp3) is 1.00. The number of rotatable bonds is 6. The predicted molar refractivity (Wildman–Crippen MR) is 56.5 cm³/mol. The van der Waals surface area contributed by atoms with Crippen molar-refractivity contribution in [2.24, 2.45) is 11.1 Å². The van der Waals surface area contributed by atoms with Crippen molar-refractivity contribution in [1.29, 1.82) is 0 Å². The Labute approximate surface area is 98.5 Å². The lowest BCUT2D eigenvalue weighted by atomic mass is 9.87. The van der Waals surface area contributed by atoms with Crippen molar-refractivity contribution in [2.75, 3.05) is 46.0 Å². The number of alkyl halides is 3. The molecule has 0 spiro atoms. The first-order valence-corrected chi connectivity index (χ1v) is 5.59. The molecule has 7 heteroatoms. The molecule has 0 amide bonds. The van der Waals surface area contributed by atoms with Gasteiger partial charge in [-0.2, -0.15) is 13.2 Å². The van der Waals surface area contributed by atoms with Crippen LogP contribution in [0, 0.1) is 5.41 Å². The van der Waals surface area contributed by atoms with Gasteiger partial charge in [0.2, 0.25) is 0 Å². The second-order valence-electron chi connectivity index (χ2n) is 4.56. The summed E-state index contributed by atoms with van der Waals surface area (Å²) < 4.78 is 42.2. The zero-order valence-corrected chi connectivity index (χ0v) is 9.67. The molecule has 0 aliphatic carbocycles. The smallest absolute Gasteiger partial charge is 0.395 e. The highest BCUT2D eigenvalue weighted by Crippen LogP contribution is 2.29. The van der Waals surface area contributed by atoms with Crippen LogP contribution in [0.3, 0.4) is 0 Å². The van der Waals surface area contributed by atoms with Gasteiger partial charge in [0.1, 0.15) is 0 Å². The molecule has 0 bridgehead atoms. The molecule has 0 saturated carbocycles. The van der Waals surface area contributed by atoms with E-state index in [0.717, 1.165) is 0 Å². The van der Waals surface area contributed by atoms with Gasteiger partial charge in [0.15, 0.2) is 0 Å². The number of hydrogen-bond donors (Lipinski definition) is 2. The molecule has 17 heavy (non-hydrogen) atoms. The Morgan fingerprint density at radius 1 is 1.41 bits per heavy atom. The first-order chi connectivity index (χ1) is 7.91. The van der Waals surface area contributed by atoms with Gasteiger partial charge in [-0.1, -0.05) is 0 Å². The summed E-state index contributed by atoms with van der Waals surface area (Å²) in [6.07, 6.45) is -3.59. The maximum atomic E-state index is 12.3. The summed E-state index contributed by atoms with van der Waals surface area (Å²) in [6.45, 7) is 0.129. The van der Waals surface area contributed by atoms with Crippen LogP contribution in [-0.2, 0) is 4.74 Å². The van der Waals surface area contributed by atoms with E-state index in [1.54, 1.807) is 0 Å². The molecular weight excluding hydrogens is 237 g/mol. The number of aliphatic hydroxyl groups is 1. The van der Waals surface area contributed by atoms with Crippen LogP contribution >= 0.6 is 0 Å². The van der Waals surface area contributed by atoms with Crippen molar-refractivity contribution in [1.82, 2.24) is 4.90 Å². The molecule has 1 unspecified atom stereocenters. The number of nitrogens with zero attached hydrogens (tertiary/aromatic N) is 1. The quantitative estimate of drug-likeness (QED) is 0.713. The van der Waals surface area contributed by atoms with Gasteiger partial charge in [0, 0.05) is 31.7 Å². The predicted octanol–water partition coefficient (Wildman–Crippen LogP) is 0.208. The van der Waals surface area contributed by atoms with E-state index in [1.807, 2.05) is 0 Å². The van der Waals surface area contributed by atoms with E-state index >= 15 is 0 Å². The average molecular weight is 256 g/mol. The summed E-state index contributed by atoms with van der Waals surface area (Å²) >= 11 is 0. The van der Waals surface area contributed by atoms with Crippen molar-refractivity contribution in [3.8, 4) is 0 Å². The summed E-state index contributed by atoms with van der Waals surface area (Å²) in [6, 6.07) is 0. The van der Waals surface area contributed by atoms with Gasteiger partial charge in [-0.15, -0.1) is 0 Å². The Hall–Kier alpha value is -0.370. The van der Waals surface area contributed by atoms with E-state index in [9.17, 15) is 13.2 Å². The van der Waals surface area contributed by atoms with Crippen molar-refractivity contribution in [3.05, 3.63) is 0 Å². The molecule has 0 aromatic heterocycles. The number of halogens is 3. The third-order valence-corrected chi connectivity index (χ3v) is 3.00. The van der Waals surface area contributed by atoms with E-state index in [1.165, 1.54) is 4.90 Å². The number of hydrogen-bond acceptors (Lipinski definition) is 4. The van der Waals surface area contributed by atoms with Crippen LogP contribution in [0.5, 0.6) is 0 Å². The van der Waals surface area contributed by atoms with Gasteiger partial charge in [-0.3, -0.25) is 4.90 Å². The molecule has 0 radical (unpaired) electrons. The fourth-order valence-corrected chi connectivity index (χ4v) is 2.08. The van der Waals surface area contributed by atoms with Gasteiger partial charge in [-0.05, 0) is 6.42 Å². The van der Waals surface area contributed by atoms with Crippen molar-refractivity contribution < 1.29 is 23.0 Å². The van der Waals surface area contributed by atoms with Gasteiger partial charge < -0.3 is 15.6 Å². The Bertz CT molecular complexity index is 230. The van der Waals surface area contributed by atoms with Crippen LogP contribution in [0.4, 0.5) is 13.2 Å². The molecule has 0 aromatic carbocycles. The standard InChI is InChI=1S/C10H19F3N2O2/c11-10(12,13)7-15(2-3-16)6-9(5-14)1-4-17-8-9/h16H,1-8,14H2. The third kappa shape index (κ3) is 4.79. The minimum atomic E-state index is -4.26. The third-order valence-electron chi connectivity index (χ3n) is 3.00. The lowest BCUT2D eigenvalue weighted by Crippen LogP contribution is -2.47. The van der Waals surface area contributed by atoms with E-state index in [0.29, 0.717) is 26.2 Å². The number of aliphatic hydroxyl groups excluding tert-OH is 1. The fourth-order valence-electron chi connectivity index (χ4n) is 2.08. The van der Waals surface area contributed by atoms with Gasteiger partial charge in [0.25, 0.3) is 0 Å². The molecule has 4 nitrogen and oxygen atoms in total. The van der Waals surface area contributed by atoms with Crippen molar-refractivity contribution in [3.63, 3.8) is 0 Å². The minimum absolute atomic E-state index is 0.00125. The monoisotopic (exact) mass is 256 g/mol. The van der Waals surface area contributed by atoms with Crippen molar-refractivity contribution in [2.45, 2.75) is 12.6 Å². The van der Waals surface area contributed by atoms with Gasteiger partial charge in [-0.25, -0.2) is 0 Å². The molecule has 102 valence electrons. The summed E-state index contributed by atoms with van der Waals surface area (Å²) in [5.41, 5.74) is 5.22. The lowest BCUT2D eigenvalue weighted by molar-refractivity contribution is -0.150. The Morgan fingerprint density at radius 2 is 2.12 bits per heavy atom.